The van der Waals surface area contributed by atoms with E-state index in [0.717, 1.165) is 32.6 Å². The zero-order chi connectivity index (χ0) is 11.4. The standard InChI is InChI=1S/C12H21N3S.2ClH/c1-3-4-12-14-11(9-16-12)8-15-6-5-13-7-10(15)2;;/h9-10,13H,3-8H2,1-2H3;2*1H. The van der Waals surface area contributed by atoms with Gasteiger partial charge in [0.25, 0.3) is 0 Å². The van der Waals surface area contributed by atoms with Gasteiger partial charge in [0.2, 0.25) is 0 Å². The lowest BCUT2D eigenvalue weighted by atomic mass is 10.2. The number of nitrogens with zero attached hydrogens (tertiary/aromatic N) is 2. The third-order valence-corrected chi connectivity index (χ3v) is 4.02. The molecule has 0 aliphatic carbocycles. The molecule has 106 valence electrons. The van der Waals surface area contributed by atoms with Gasteiger partial charge in [0.05, 0.1) is 10.7 Å². The highest BCUT2D eigenvalue weighted by atomic mass is 35.5. The van der Waals surface area contributed by atoms with E-state index >= 15 is 0 Å². The van der Waals surface area contributed by atoms with Crippen LogP contribution >= 0.6 is 36.2 Å². The largest absolute Gasteiger partial charge is 0.314 e. The first-order chi connectivity index (χ1) is 7.79. The minimum absolute atomic E-state index is 0. The fraction of sp³-hybridized carbons (Fsp3) is 0.750. The number of aromatic nitrogens is 1. The summed E-state index contributed by atoms with van der Waals surface area (Å²) in [6, 6.07) is 0.630. The van der Waals surface area contributed by atoms with Crippen molar-refractivity contribution in [2.45, 2.75) is 39.3 Å². The van der Waals surface area contributed by atoms with Gasteiger partial charge < -0.3 is 5.32 Å². The number of rotatable bonds is 4. The van der Waals surface area contributed by atoms with E-state index in [-0.39, 0.29) is 24.8 Å². The highest BCUT2D eigenvalue weighted by Crippen LogP contribution is 2.15. The van der Waals surface area contributed by atoms with E-state index in [1.165, 1.54) is 17.1 Å². The molecule has 2 rings (SSSR count). The summed E-state index contributed by atoms with van der Waals surface area (Å²) >= 11 is 1.81. The van der Waals surface area contributed by atoms with Gasteiger partial charge in [-0.2, -0.15) is 0 Å². The van der Waals surface area contributed by atoms with Crippen LogP contribution in [0.2, 0.25) is 0 Å². The lowest BCUT2D eigenvalue weighted by molar-refractivity contribution is 0.164. The molecule has 3 nitrogen and oxygen atoms in total. The second-order valence-electron chi connectivity index (χ2n) is 4.51. The summed E-state index contributed by atoms with van der Waals surface area (Å²) in [5, 5.41) is 6.93. The smallest absolute Gasteiger partial charge is 0.0928 e. The zero-order valence-corrected chi connectivity index (χ0v) is 13.5. The molecule has 1 atom stereocenters. The number of halogens is 2. The maximum Gasteiger partial charge on any atom is 0.0928 e. The lowest BCUT2D eigenvalue weighted by Crippen LogP contribution is -2.49. The van der Waals surface area contributed by atoms with Gasteiger partial charge in [-0.3, -0.25) is 4.90 Å². The molecule has 0 saturated carbocycles. The van der Waals surface area contributed by atoms with Crippen LogP contribution in [0, 0.1) is 0 Å². The van der Waals surface area contributed by atoms with E-state index in [2.05, 4.69) is 34.4 Å². The van der Waals surface area contributed by atoms with E-state index in [1.807, 2.05) is 11.3 Å². The highest BCUT2D eigenvalue weighted by molar-refractivity contribution is 7.09. The number of piperazine rings is 1. The van der Waals surface area contributed by atoms with Crippen LogP contribution in [-0.4, -0.2) is 35.6 Å². The molecule has 6 heteroatoms. The minimum atomic E-state index is 0. The van der Waals surface area contributed by atoms with E-state index < -0.39 is 0 Å². The summed E-state index contributed by atoms with van der Waals surface area (Å²) < 4.78 is 0. The average Bonchev–Trinajstić information content (AvgIpc) is 2.70. The lowest BCUT2D eigenvalue weighted by Gasteiger charge is -2.33. The Bertz CT molecular complexity index is 333. The third-order valence-electron chi connectivity index (χ3n) is 3.07. The van der Waals surface area contributed by atoms with Gasteiger partial charge in [-0.25, -0.2) is 4.98 Å². The van der Waals surface area contributed by atoms with Gasteiger partial charge in [-0.05, 0) is 19.8 Å². The summed E-state index contributed by atoms with van der Waals surface area (Å²) in [5.74, 6) is 0. The molecular weight excluding hydrogens is 289 g/mol. The number of hydrogen-bond donors (Lipinski definition) is 1. The Morgan fingerprint density at radius 1 is 1.50 bits per heavy atom. The Morgan fingerprint density at radius 3 is 2.94 bits per heavy atom. The van der Waals surface area contributed by atoms with E-state index in [1.54, 1.807) is 0 Å². The highest BCUT2D eigenvalue weighted by Gasteiger charge is 2.18. The van der Waals surface area contributed by atoms with Gasteiger partial charge in [0, 0.05) is 37.6 Å². The maximum atomic E-state index is 4.68. The Balaban J connectivity index is 0.00000144. The summed E-state index contributed by atoms with van der Waals surface area (Å²) in [6.45, 7) is 8.86. The fourth-order valence-electron chi connectivity index (χ4n) is 2.08. The van der Waals surface area contributed by atoms with Gasteiger partial charge in [0.1, 0.15) is 0 Å². The topological polar surface area (TPSA) is 28.2 Å². The molecule has 1 N–H and O–H groups in total. The first kappa shape index (κ1) is 18.1. The van der Waals surface area contributed by atoms with Crippen LogP contribution in [0.4, 0.5) is 0 Å². The first-order valence-corrected chi connectivity index (χ1v) is 7.05. The molecule has 0 aromatic carbocycles. The molecule has 0 amide bonds. The number of hydrogen-bond acceptors (Lipinski definition) is 4. The van der Waals surface area contributed by atoms with Crippen molar-refractivity contribution in [1.82, 2.24) is 15.2 Å². The molecular formula is C12H23Cl2N3S. The number of thiazole rings is 1. The maximum absolute atomic E-state index is 4.68. The predicted molar refractivity (Wildman–Crippen MR) is 83.3 cm³/mol. The molecule has 18 heavy (non-hydrogen) atoms. The molecule has 0 bridgehead atoms. The molecule has 1 aromatic heterocycles. The van der Waals surface area contributed by atoms with E-state index in [4.69, 9.17) is 0 Å². The molecule has 1 fully saturated rings. The Morgan fingerprint density at radius 2 is 2.28 bits per heavy atom. The predicted octanol–water partition coefficient (Wildman–Crippen LogP) is 2.73. The van der Waals surface area contributed by atoms with Crippen molar-refractivity contribution in [1.29, 1.82) is 0 Å². The third kappa shape index (κ3) is 5.02. The van der Waals surface area contributed by atoms with Gasteiger partial charge in [-0.15, -0.1) is 36.2 Å². The molecule has 2 heterocycles. The average molecular weight is 312 g/mol. The molecule has 1 aromatic rings. The second-order valence-corrected chi connectivity index (χ2v) is 5.45. The second kappa shape index (κ2) is 9.10. The van der Waals surface area contributed by atoms with Crippen molar-refractivity contribution in [3.05, 3.63) is 16.1 Å². The normalized spacial score (nSPS) is 20.0. The van der Waals surface area contributed by atoms with Crippen molar-refractivity contribution in [2.75, 3.05) is 19.6 Å². The van der Waals surface area contributed by atoms with Crippen LogP contribution < -0.4 is 5.32 Å². The summed E-state index contributed by atoms with van der Waals surface area (Å²) in [6.07, 6.45) is 2.32. The van der Waals surface area contributed by atoms with Crippen LogP contribution in [0.15, 0.2) is 5.38 Å². The van der Waals surface area contributed by atoms with Crippen LogP contribution in [0.1, 0.15) is 31.0 Å². The van der Waals surface area contributed by atoms with Crippen LogP contribution in [-0.2, 0) is 13.0 Å². The Hall–Kier alpha value is 0.130. The summed E-state index contributed by atoms with van der Waals surface area (Å²) in [7, 11) is 0. The number of aryl methyl sites for hydroxylation is 1. The fourth-order valence-corrected chi connectivity index (χ4v) is 2.97. The molecule has 0 radical (unpaired) electrons. The Kier molecular flexibility index (Phi) is 9.17. The van der Waals surface area contributed by atoms with Gasteiger partial charge in [-0.1, -0.05) is 6.92 Å². The van der Waals surface area contributed by atoms with Crippen molar-refractivity contribution >= 4 is 36.2 Å². The quantitative estimate of drug-likeness (QED) is 0.926. The van der Waals surface area contributed by atoms with Gasteiger partial charge >= 0.3 is 0 Å². The van der Waals surface area contributed by atoms with E-state index in [9.17, 15) is 0 Å². The van der Waals surface area contributed by atoms with Crippen molar-refractivity contribution < 1.29 is 0 Å². The minimum Gasteiger partial charge on any atom is -0.314 e. The number of nitrogens with one attached hydrogen (secondary N) is 1. The van der Waals surface area contributed by atoms with Crippen LogP contribution in [0.5, 0.6) is 0 Å². The van der Waals surface area contributed by atoms with Crippen LogP contribution in [0.25, 0.3) is 0 Å². The SMILES string of the molecule is CCCc1nc(CN2CCNCC2C)cs1.Cl.Cl. The molecule has 1 aliphatic rings. The van der Waals surface area contributed by atoms with Crippen molar-refractivity contribution in [2.24, 2.45) is 0 Å². The molecule has 1 saturated heterocycles. The van der Waals surface area contributed by atoms with E-state index in [0.29, 0.717) is 6.04 Å². The Labute approximate surface area is 126 Å². The molecule has 1 unspecified atom stereocenters. The van der Waals surface area contributed by atoms with Crippen LogP contribution in [0.3, 0.4) is 0 Å². The molecule has 1 aliphatic heterocycles. The summed E-state index contributed by atoms with van der Waals surface area (Å²) in [5.41, 5.74) is 1.25. The zero-order valence-electron chi connectivity index (χ0n) is 11.0. The first-order valence-electron chi connectivity index (χ1n) is 6.17. The van der Waals surface area contributed by atoms with Crippen molar-refractivity contribution in [3.8, 4) is 0 Å². The summed E-state index contributed by atoms with van der Waals surface area (Å²) in [4.78, 5) is 7.20. The molecule has 0 spiro atoms. The van der Waals surface area contributed by atoms with Crippen molar-refractivity contribution in [3.63, 3.8) is 0 Å². The monoisotopic (exact) mass is 311 g/mol. The van der Waals surface area contributed by atoms with Gasteiger partial charge in [0.15, 0.2) is 0 Å².